The Labute approximate surface area is 119 Å². The zero-order valence-corrected chi connectivity index (χ0v) is 13.2. The summed E-state index contributed by atoms with van der Waals surface area (Å²) in [6.07, 6.45) is 8.28. The van der Waals surface area contributed by atoms with Crippen LogP contribution >= 0.6 is 0 Å². The predicted molar refractivity (Wildman–Crippen MR) is 82.5 cm³/mol. The highest BCUT2D eigenvalue weighted by atomic mass is 15.2. The summed E-state index contributed by atoms with van der Waals surface area (Å²) in [4.78, 5) is 2.48. The van der Waals surface area contributed by atoms with Crippen LogP contribution in [-0.4, -0.2) is 50.7 Å². The van der Waals surface area contributed by atoms with E-state index in [1.807, 2.05) is 0 Å². The Morgan fingerprint density at radius 2 is 2.11 bits per heavy atom. The molecular formula is C16H33N3. The summed E-state index contributed by atoms with van der Waals surface area (Å²) in [5, 5.41) is 7.30. The van der Waals surface area contributed by atoms with Crippen LogP contribution in [-0.2, 0) is 0 Å². The summed E-state index contributed by atoms with van der Waals surface area (Å²) in [6, 6.07) is 0. The molecule has 0 aromatic carbocycles. The number of hydrogen-bond acceptors (Lipinski definition) is 3. The van der Waals surface area contributed by atoms with Gasteiger partial charge in [-0.05, 0) is 71.2 Å². The van der Waals surface area contributed by atoms with Gasteiger partial charge in [-0.1, -0.05) is 19.8 Å². The Balaban J connectivity index is 1.79. The van der Waals surface area contributed by atoms with Crippen LogP contribution in [0.25, 0.3) is 0 Å². The lowest BCUT2D eigenvalue weighted by Crippen LogP contribution is -2.55. The monoisotopic (exact) mass is 267 g/mol. The minimum absolute atomic E-state index is 0.403. The van der Waals surface area contributed by atoms with E-state index >= 15 is 0 Å². The van der Waals surface area contributed by atoms with E-state index in [4.69, 9.17) is 0 Å². The molecule has 112 valence electrons. The van der Waals surface area contributed by atoms with E-state index in [1.165, 1.54) is 64.7 Å². The Morgan fingerprint density at radius 3 is 2.74 bits per heavy atom. The number of likely N-dealkylation sites (N-methyl/N-ethyl adjacent to an activating group) is 1. The molecule has 3 heteroatoms. The first-order chi connectivity index (χ1) is 9.12. The average molecular weight is 267 g/mol. The summed E-state index contributed by atoms with van der Waals surface area (Å²) >= 11 is 0. The molecule has 3 nitrogen and oxygen atoms in total. The van der Waals surface area contributed by atoms with Crippen LogP contribution in [0.15, 0.2) is 0 Å². The summed E-state index contributed by atoms with van der Waals surface area (Å²) in [7, 11) is 4.53. The van der Waals surface area contributed by atoms with Gasteiger partial charge in [0.15, 0.2) is 0 Å². The molecule has 2 N–H and O–H groups in total. The molecule has 0 amide bonds. The van der Waals surface area contributed by atoms with Gasteiger partial charge in [0, 0.05) is 12.1 Å². The number of rotatable bonds is 5. The average Bonchev–Trinajstić information content (AvgIpc) is 2.40. The summed E-state index contributed by atoms with van der Waals surface area (Å²) < 4.78 is 0. The largest absolute Gasteiger partial charge is 0.316 e. The van der Waals surface area contributed by atoms with Crippen LogP contribution in [0.5, 0.6) is 0 Å². The Morgan fingerprint density at radius 1 is 1.26 bits per heavy atom. The first kappa shape index (κ1) is 15.3. The summed E-state index contributed by atoms with van der Waals surface area (Å²) in [5.74, 6) is 1.73. The van der Waals surface area contributed by atoms with Crippen molar-refractivity contribution in [3.05, 3.63) is 0 Å². The second-order valence-electron chi connectivity index (χ2n) is 7.16. The van der Waals surface area contributed by atoms with Crippen LogP contribution in [0.3, 0.4) is 0 Å². The van der Waals surface area contributed by atoms with E-state index in [-0.39, 0.29) is 0 Å². The zero-order valence-electron chi connectivity index (χ0n) is 13.2. The molecule has 2 aliphatic rings. The highest BCUT2D eigenvalue weighted by molar-refractivity contribution is 4.94. The first-order valence-electron chi connectivity index (χ1n) is 8.21. The van der Waals surface area contributed by atoms with Crippen molar-refractivity contribution in [1.82, 2.24) is 15.5 Å². The van der Waals surface area contributed by atoms with Crippen molar-refractivity contribution >= 4 is 0 Å². The lowest BCUT2D eigenvalue weighted by molar-refractivity contribution is 0.0739. The molecule has 0 aromatic rings. The second-order valence-corrected chi connectivity index (χ2v) is 7.16. The fourth-order valence-corrected chi connectivity index (χ4v) is 3.96. The minimum atomic E-state index is 0.403. The molecule has 1 aliphatic heterocycles. The van der Waals surface area contributed by atoms with E-state index in [0.717, 1.165) is 11.8 Å². The summed E-state index contributed by atoms with van der Waals surface area (Å²) in [5.41, 5.74) is 0.403. The molecule has 0 bridgehead atoms. The van der Waals surface area contributed by atoms with E-state index in [1.54, 1.807) is 0 Å². The van der Waals surface area contributed by atoms with Crippen molar-refractivity contribution in [2.24, 2.45) is 11.8 Å². The normalized spacial score (nSPS) is 36.6. The third-order valence-electron chi connectivity index (χ3n) is 5.30. The maximum atomic E-state index is 3.79. The standard InChI is InChI=1S/C16H33N3/c1-14-6-4-8-16(10-14,19(2)3)13-18-12-15-7-5-9-17-11-15/h14-15,17-18H,4-13H2,1-3H3. The van der Waals surface area contributed by atoms with Gasteiger partial charge in [0.1, 0.15) is 0 Å². The molecule has 1 heterocycles. The van der Waals surface area contributed by atoms with E-state index < -0.39 is 0 Å². The SMILES string of the molecule is CC1CCCC(CNCC2CCCNC2)(N(C)C)C1. The quantitative estimate of drug-likeness (QED) is 0.799. The lowest BCUT2D eigenvalue weighted by atomic mass is 9.75. The van der Waals surface area contributed by atoms with Gasteiger partial charge in [-0.3, -0.25) is 0 Å². The van der Waals surface area contributed by atoms with Crippen LogP contribution in [0.1, 0.15) is 45.4 Å². The van der Waals surface area contributed by atoms with Crippen molar-refractivity contribution in [3.63, 3.8) is 0 Å². The second kappa shape index (κ2) is 7.05. The molecule has 0 spiro atoms. The predicted octanol–water partition coefficient (Wildman–Crippen LogP) is 2.09. The number of nitrogens with one attached hydrogen (secondary N) is 2. The van der Waals surface area contributed by atoms with Gasteiger partial charge in [0.25, 0.3) is 0 Å². The number of nitrogens with zero attached hydrogens (tertiary/aromatic N) is 1. The fourth-order valence-electron chi connectivity index (χ4n) is 3.96. The van der Waals surface area contributed by atoms with Crippen molar-refractivity contribution in [2.75, 3.05) is 40.3 Å². The molecule has 19 heavy (non-hydrogen) atoms. The van der Waals surface area contributed by atoms with Gasteiger partial charge < -0.3 is 15.5 Å². The lowest BCUT2D eigenvalue weighted by Gasteiger charge is -2.45. The minimum Gasteiger partial charge on any atom is -0.316 e. The number of hydrogen-bond donors (Lipinski definition) is 2. The Hall–Kier alpha value is -0.120. The van der Waals surface area contributed by atoms with Crippen LogP contribution in [0.2, 0.25) is 0 Å². The van der Waals surface area contributed by atoms with Crippen molar-refractivity contribution < 1.29 is 0 Å². The fraction of sp³-hybridized carbons (Fsp3) is 1.00. The molecular weight excluding hydrogens is 234 g/mol. The number of piperidine rings is 1. The van der Waals surface area contributed by atoms with E-state index in [2.05, 4.69) is 36.6 Å². The van der Waals surface area contributed by atoms with Gasteiger partial charge in [-0.2, -0.15) is 0 Å². The topological polar surface area (TPSA) is 27.3 Å². The van der Waals surface area contributed by atoms with Gasteiger partial charge in [-0.15, -0.1) is 0 Å². The highest BCUT2D eigenvalue weighted by Gasteiger charge is 2.36. The molecule has 2 fully saturated rings. The third-order valence-corrected chi connectivity index (χ3v) is 5.30. The maximum Gasteiger partial charge on any atom is 0.0330 e. The van der Waals surface area contributed by atoms with Crippen molar-refractivity contribution in [2.45, 2.75) is 51.0 Å². The molecule has 3 unspecified atom stereocenters. The van der Waals surface area contributed by atoms with Gasteiger partial charge >= 0.3 is 0 Å². The first-order valence-corrected chi connectivity index (χ1v) is 8.21. The highest BCUT2D eigenvalue weighted by Crippen LogP contribution is 2.35. The third kappa shape index (κ3) is 4.17. The smallest absolute Gasteiger partial charge is 0.0330 e. The molecule has 3 atom stereocenters. The van der Waals surface area contributed by atoms with Crippen LogP contribution < -0.4 is 10.6 Å². The van der Waals surface area contributed by atoms with Crippen LogP contribution in [0.4, 0.5) is 0 Å². The molecule has 1 aliphatic carbocycles. The van der Waals surface area contributed by atoms with Crippen molar-refractivity contribution in [1.29, 1.82) is 0 Å². The Bertz CT molecular complexity index is 261. The van der Waals surface area contributed by atoms with Crippen LogP contribution in [0, 0.1) is 11.8 Å². The van der Waals surface area contributed by atoms with Crippen molar-refractivity contribution in [3.8, 4) is 0 Å². The molecule has 0 aromatic heterocycles. The zero-order chi connectivity index (χ0) is 13.7. The molecule has 1 saturated heterocycles. The van der Waals surface area contributed by atoms with Gasteiger partial charge in [0.2, 0.25) is 0 Å². The van der Waals surface area contributed by atoms with E-state index in [9.17, 15) is 0 Å². The summed E-state index contributed by atoms with van der Waals surface area (Å²) in [6.45, 7) is 7.20. The van der Waals surface area contributed by atoms with Gasteiger partial charge in [0.05, 0.1) is 0 Å². The van der Waals surface area contributed by atoms with Gasteiger partial charge in [-0.25, -0.2) is 0 Å². The molecule has 1 saturated carbocycles. The molecule has 2 rings (SSSR count). The molecule has 0 radical (unpaired) electrons. The van der Waals surface area contributed by atoms with E-state index in [0.29, 0.717) is 5.54 Å². The maximum absolute atomic E-state index is 3.79. The Kier molecular flexibility index (Phi) is 5.67.